The third-order valence-electron chi connectivity index (χ3n) is 10.6. The van der Waals surface area contributed by atoms with Crippen LogP contribution in [0.2, 0.25) is 0 Å². The molecule has 0 saturated heterocycles. The first-order valence-corrected chi connectivity index (χ1v) is 26.5. The number of phosphoric ester groups is 1. The second-order valence-electron chi connectivity index (χ2n) is 18.0. The van der Waals surface area contributed by atoms with Crippen molar-refractivity contribution in [2.75, 3.05) is 47.5 Å². The molecule has 0 spiro atoms. The molecular formula is C52H94NO9P. The number of nitrogens with zero attached hydrogens (tertiary/aromatic N) is 1. The van der Waals surface area contributed by atoms with Gasteiger partial charge in [0.1, 0.15) is 19.8 Å². The van der Waals surface area contributed by atoms with Crippen molar-refractivity contribution in [2.45, 2.75) is 212 Å². The summed E-state index contributed by atoms with van der Waals surface area (Å²) in [6.45, 7) is 4.00. The maximum atomic E-state index is 12.7. The molecule has 0 aromatic rings. The van der Waals surface area contributed by atoms with Crippen molar-refractivity contribution in [3.05, 3.63) is 60.8 Å². The number of carbonyl (C=O) groups excluding carboxylic acids is 2. The predicted octanol–water partition coefficient (Wildman–Crippen LogP) is 13.1. The number of likely N-dealkylation sites (N-methyl/N-ethyl adjacent to an activating group) is 1. The molecule has 0 fully saturated rings. The van der Waals surface area contributed by atoms with Crippen LogP contribution < -0.4 is 4.89 Å². The molecule has 0 aromatic carbocycles. The number of allylic oxidation sites excluding steroid dienone is 9. The standard InChI is InChI=1S/C52H94NO9P/c1-6-8-10-11-12-13-14-15-16-17-18-19-20-21-22-23-27-30-33-36-39-43-51(55)59-47-50(48-61-63(57,58)60-46-45-53(3,4)5)62-52(56)44-40-37-34-31-28-25-24-26-29-32-35-38-42-49(54)41-9-7-2/h15-16,24-25,29,31-32,34,38,42,49-50,54H,6-14,17-23,26-28,30,33,35-37,39-41,43-48H2,1-5H3/b16-15-,25-24-,32-29-,34-31-,42-38-/t49-,50-/m1/s1. The zero-order chi connectivity index (χ0) is 46.5. The van der Waals surface area contributed by atoms with Crippen molar-refractivity contribution in [1.29, 1.82) is 0 Å². The van der Waals surface area contributed by atoms with Crippen LogP contribution in [0.5, 0.6) is 0 Å². The van der Waals surface area contributed by atoms with E-state index in [0.717, 1.165) is 57.8 Å². The van der Waals surface area contributed by atoms with E-state index in [1.54, 1.807) is 0 Å². The van der Waals surface area contributed by atoms with E-state index in [-0.39, 0.29) is 32.2 Å². The highest BCUT2D eigenvalue weighted by Gasteiger charge is 2.21. The summed E-state index contributed by atoms with van der Waals surface area (Å²) in [6.07, 6.45) is 50.2. The molecule has 1 unspecified atom stereocenters. The molecule has 366 valence electrons. The van der Waals surface area contributed by atoms with E-state index in [1.807, 2.05) is 45.4 Å². The lowest BCUT2D eigenvalue weighted by Gasteiger charge is -2.28. The summed E-state index contributed by atoms with van der Waals surface area (Å²) in [5, 5.41) is 9.84. The molecule has 11 heteroatoms. The number of carbonyl (C=O) groups is 2. The number of hydrogen-bond donors (Lipinski definition) is 1. The highest BCUT2D eigenvalue weighted by molar-refractivity contribution is 7.45. The highest BCUT2D eigenvalue weighted by Crippen LogP contribution is 2.38. The fourth-order valence-corrected chi connectivity index (χ4v) is 7.33. The van der Waals surface area contributed by atoms with Crippen molar-refractivity contribution in [2.24, 2.45) is 0 Å². The van der Waals surface area contributed by atoms with Crippen LogP contribution in [0, 0.1) is 0 Å². The molecule has 0 saturated carbocycles. The van der Waals surface area contributed by atoms with Crippen molar-refractivity contribution >= 4 is 19.8 Å². The van der Waals surface area contributed by atoms with Gasteiger partial charge in [-0.05, 0) is 70.6 Å². The van der Waals surface area contributed by atoms with E-state index >= 15 is 0 Å². The lowest BCUT2D eigenvalue weighted by molar-refractivity contribution is -0.870. The minimum atomic E-state index is -4.66. The van der Waals surface area contributed by atoms with Gasteiger partial charge in [-0.1, -0.05) is 177 Å². The second-order valence-corrected chi connectivity index (χ2v) is 19.4. The Morgan fingerprint density at radius 1 is 0.571 bits per heavy atom. The summed E-state index contributed by atoms with van der Waals surface area (Å²) in [6, 6.07) is 0. The molecule has 0 aliphatic heterocycles. The maximum Gasteiger partial charge on any atom is 0.306 e. The Morgan fingerprint density at radius 2 is 1.03 bits per heavy atom. The van der Waals surface area contributed by atoms with Crippen molar-refractivity contribution in [3.8, 4) is 0 Å². The Morgan fingerprint density at radius 3 is 1.59 bits per heavy atom. The monoisotopic (exact) mass is 908 g/mol. The number of hydrogen-bond acceptors (Lipinski definition) is 9. The minimum absolute atomic E-state index is 0.0503. The number of esters is 2. The van der Waals surface area contributed by atoms with Crippen LogP contribution in [0.15, 0.2) is 60.8 Å². The first kappa shape index (κ1) is 60.7. The quantitative estimate of drug-likeness (QED) is 0.0208. The highest BCUT2D eigenvalue weighted by atomic mass is 31.2. The summed E-state index contributed by atoms with van der Waals surface area (Å²) in [4.78, 5) is 37.7. The van der Waals surface area contributed by atoms with Gasteiger partial charge >= 0.3 is 11.9 Å². The molecular weight excluding hydrogens is 814 g/mol. The van der Waals surface area contributed by atoms with Gasteiger partial charge in [0.2, 0.25) is 0 Å². The molecule has 0 radical (unpaired) electrons. The Hall–Kier alpha value is -2.33. The predicted molar refractivity (Wildman–Crippen MR) is 260 cm³/mol. The average molecular weight is 908 g/mol. The van der Waals surface area contributed by atoms with Gasteiger partial charge in [-0.25, -0.2) is 0 Å². The van der Waals surface area contributed by atoms with Crippen molar-refractivity contribution in [1.82, 2.24) is 0 Å². The van der Waals surface area contributed by atoms with Crippen LogP contribution in [-0.4, -0.2) is 81.2 Å². The minimum Gasteiger partial charge on any atom is -0.756 e. The molecule has 0 amide bonds. The Labute approximate surface area is 386 Å². The van der Waals surface area contributed by atoms with Crippen LogP contribution in [0.1, 0.15) is 200 Å². The van der Waals surface area contributed by atoms with Gasteiger partial charge in [0.25, 0.3) is 7.82 Å². The average Bonchev–Trinajstić information content (AvgIpc) is 3.23. The van der Waals surface area contributed by atoms with Gasteiger partial charge in [0.05, 0.1) is 33.9 Å². The summed E-state index contributed by atoms with van der Waals surface area (Å²) < 4.78 is 33.9. The van der Waals surface area contributed by atoms with Crippen LogP contribution >= 0.6 is 7.82 Å². The Balaban J connectivity index is 4.36. The summed E-state index contributed by atoms with van der Waals surface area (Å²) >= 11 is 0. The normalized spacial score (nSPS) is 14.5. The number of unbranched alkanes of at least 4 members (excludes halogenated alkanes) is 19. The largest absolute Gasteiger partial charge is 0.756 e. The van der Waals surface area contributed by atoms with E-state index < -0.39 is 32.5 Å². The number of quaternary nitrogens is 1. The molecule has 1 N–H and O–H groups in total. The van der Waals surface area contributed by atoms with E-state index in [0.29, 0.717) is 30.3 Å². The van der Waals surface area contributed by atoms with Crippen LogP contribution in [-0.2, 0) is 32.7 Å². The zero-order valence-corrected chi connectivity index (χ0v) is 41.8. The van der Waals surface area contributed by atoms with E-state index in [2.05, 4.69) is 50.3 Å². The number of ether oxygens (including phenoxy) is 2. The van der Waals surface area contributed by atoms with Crippen molar-refractivity contribution in [3.63, 3.8) is 0 Å². The number of aliphatic hydroxyl groups is 1. The van der Waals surface area contributed by atoms with Crippen LogP contribution in [0.4, 0.5) is 0 Å². The first-order chi connectivity index (χ1) is 30.4. The van der Waals surface area contributed by atoms with E-state index in [1.165, 1.54) is 96.3 Å². The number of phosphoric acid groups is 1. The molecule has 10 nitrogen and oxygen atoms in total. The summed E-state index contributed by atoms with van der Waals surface area (Å²) in [7, 11) is 1.10. The van der Waals surface area contributed by atoms with Gasteiger partial charge in [-0.2, -0.15) is 0 Å². The molecule has 0 bridgehead atoms. The number of rotatable bonds is 45. The fourth-order valence-electron chi connectivity index (χ4n) is 6.60. The van der Waals surface area contributed by atoms with Crippen LogP contribution in [0.3, 0.4) is 0 Å². The van der Waals surface area contributed by atoms with Gasteiger partial charge in [-0.15, -0.1) is 0 Å². The summed E-state index contributed by atoms with van der Waals surface area (Å²) in [5.74, 6) is -0.923. The van der Waals surface area contributed by atoms with Gasteiger partial charge < -0.3 is 33.0 Å². The van der Waals surface area contributed by atoms with Crippen molar-refractivity contribution < 1.29 is 47.2 Å². The van der Waals surface area contributed by atoms with E-state index in [9.17, 15) is 24.2 Å². The molecule has 0 heterocycles. The molecule has 63 heavy (non-hydrogen) atoms. The van der Waals surface area contributed by atoms with Crippen LogP contribution in [0.25, 0.3) is 0 Å². The zero-order valence-electron chi connectivity index (χ0n) is 40.9. The molecule has 0 aliphatic rings. The second kappa shape index (κ2) is 43.6. The Bertz CT molecular complexity index is 1270. The number of aliphatic hydroxyl groups excluding tert-OH is 1. The van der Waals surface area contributed by atoms with Gasteiger partial charge in [0, 0.05) is 12.8 Å². The van der Waals surface area contributed by atoms with Gasteiger partial charge in [0.15, 0.2) is 6.10 Å². The maximum absolute atomic E-state index is 12.7. The third-order valence-corrected chi connectivity index (χ3v) is 11.5. The third kappa shape index (κ3) is 47.5. The van der Waals surface area contributed by atoms with Gasteiger partial charge in [-0.3, -0.25) is 14.2 Å². The molecule has 0 rings (SSSR count). The molecule has 0 aromatic heterocycles. The van der Waals surface area contributed by atoms with E-state index in [4.69, 9.17) is 18.5 Å². The first-order valence-electron chi connectivity index (χ1n) is 25.1. The Kier molecular flexibility index (Phi) is 41.9. The molecule has 3 atom stereocenters. The SMILES string of the molecule is CCCCCCCC/C=C\CCCCCCCCCCCCCC(=O)OC[C@H](COP(=O)([O-])OCC[N+](C)(C)C)OC(=O)CCC/C=C\C/C=C\C/C=C\C/C=C\[C@H](O)CCCC. The lowest BCUT2D eigenvalue weighted by Crippen LogP contribution is -2.37. The smallest absolute Gasteiger partial charge is 0.306 e. The lowest BCUT2D eigenvalue weighted by atomic mass is 10.0. The molecule has 0 aliphatic carbocycles. The topological polar surface area (TPSA) is 131 Å². The summed E-state index contributed by atoms with van der Waals surface area (Å²) in [5.41, 5.74) is 0. The fraction of sp³-hybridized carbons (Fsp3) is 0.769.